The summed E-state index contributed by atoms with van der Waals surface area (Å²) in [4.78, 5) is 14.6. The maximum atomic E-state index is 12.5. The molecule has 21 heavy (non-hydrogen) atoms. The SMILES string of the molecule is CNC1CCN(C(=O)C2CC2c2cc(Cl)cc(Cl)c2)CC1. The van der Waals surface area contributed by atoms with Gasteiger partial charge in [-0.05, 0) is 56.0 Å². The Bertz CT molecular complexity index is 521. The van der Waals surface area contributed by atoms with Crippen molar-refractivity contribution in [2.75, 3.05) is 20.1 Å². The lowest BCUT2D eigenvalue weighted by Gasteiger charge is -2.32. The molecule has 2 atom stereocenters. The van der Waals surface area contributed by atoms with Crippen molar-refractivity contribution in [1.82, 2.24) is 10.2 Å². The smallest absolute Gasteiger partial charge is 0.226 e. The number of hydrogen-bond acceptors (Lipinski definition) is 2. The summed E-state index contributed by atoms with van der Waals surface area (Å²) in [5.74, 6) is 0.701. The van der Waals surface area contributed by atoms with Crippen LogP contribution >= 0.6 is 23.2 Å². The summed E-state index contributed by atoms with van der Waals surface area (Å²) < 4.78 is 0. The number of benzene rings is 1. The molecule has 1 N–H and O–H groups in total. The van der Waals surface area contributed by atoms with E-state index in [9.17, 15) is 4.79 Å². The topological polar surface area (TPSA) is 32.3 Å². The highest BCUT2D eigenvalue weighted by atomic mass is 35.5. The molecule has 1 saturated heterocycles. The van der Waals surface area contributed by atoms with E-state index in [2.05, 4.69) is 5.32 Å². The van der Waals surface area contributed by atoms with Gasteiger partial charge in [0.05, 0.1) is 0 Å². The second-order valence-corrected chi connectivity index (χ2v) is 6.91. The van der Waals surface area contributed by atoms with E-state index in [1.807, 2.05) is 24.1 Å². The molecular formula is C16H20Cl2N2O. The highest BCUT2D eigenvalue weighted by Gasteiger charge is 2.46. The number of likely N-dealkylation sites (tertiary alicyclic amines) is 1. The average Bonchev–Trinajstić information content (AvgIpc) is 3.26. The fraction of sp³-hybridized carbons (Fsp3) is 0.562. The number of carbonyl (C=O) groups excluding carboxylic acids is 1. The molecule has 3 nitrogen and oxygen atoms in total. The molecule has 3 rings (SSSR count). The Morgan fingerprint density at radius 1 is 1.19 bits per heavy atom. The van der Waals surface area contributed by atoms with Crippen LogP contribution in [-0.4, -0.2) is 37.0 Å². The number of carbonyl (C=O) groups is 1. The van der Waals surface area contributed by atoms with Crippen molar-refractivity contribution >= 4 is 29.1 Å². The molecule has 0 radical (unpaired) electrons. The number of rotatable bonds is 3. The van der Waals surface area contributed by atoms with E-state index in [-0.39, 0.29) is 11.8 Å². The summed E-state index contributed by atoms with van der Waals surface area (Å²) in [6.45, 7) is 1.73. The van der Waals surface area contributed by atoms with Gasteiger partial charge in [-0.2, -0.15) is 0 Å². The number of amides is 1. The monoisotopic (exact) mass is 326 g/mol. The molecule has 1 aliphatic heterocycles. The third kappa shape index (κ3) is 3.36. The van der Waals surface area contributed by atoms with Crippen molar-refractivity contribution in [3.63, 3.8) is 0 Å². The molecule has 1 aliphatic carbocycles. The van der Waals surface area contributed by atoms with E-state index >= 15 is 0 Å². The van der Waals surface area contributed by atoms with Gasteiger partial charge in [-0.15, -0.1) is 0 Å². The average molecular weight is 327 g/mol. The minimum atomic E-state index is 0.116. The van der Waals surface area contributed by atoms with Gasteiger partial charge in [-0.3, -0.25) is 4.79 Å². The zero-order valence-electron chi connectivity index (χ0n) is 12.1. The van der Waals surface area contributed by atoms with Crippen LogP contribution in [0.1, 0.15) is 30.7 Å². The summed E-state index contributed by atoms with van der Waals surface area (Å²) in [5.41, 5.74) is 1.09. The van der Waals surface area contributed by atoms with Crippen LogP contribution in [0.15, 0.2) is 18.2 Å². The van der Waals surface area contributed by atoms with Gasteiger partial charge in [0.15, 0.2) is 0 Å². The van der Waals surface area contributed by atoms with E-state index in [1.54, 1.807) is 6.07 Å². The lowest BCUT2D eigenvalue weighted by molar-refractivity contribution is -0.133. The van der Waals surface area contributed by atoms with E-state index < -0.39 is 0 Å². The van der Waals surface area contributed by atoms with Gasteiger partial charge in [0.2, 0.25) is 5.91 Å². The van der Waals surface area contributed by atoms with Crippen molar-refractivity contribution in [2.45, 2.75) is 31.2 Å². The molecule has 0 spiro atoms. The third-order valence-corrected chi connectivity index (χ3v) is 5.07. The molecule has 2 fully saturated rings. The molecule has 1 aromatic carbocycles. The Balaban J connectivity index is 1.61. The summed E-state index contributed by atoms with van der Waals surface area (Å²) >= 11 is 12.1. The first kappa shape index (κ1) is 15.1. The number of piperidine rings is 1. The first-order valence-electron chi connectivity index (χ1n) is 7.50. The Labute approximate surface area is 135 Å². The standard InChI is InChI=1S/C16H20Cl2N2O/c1-19-13-2-4-20(5-3-13)16(21)15-9-14(15)10-6-11(17)8-12(18)7-10/h6-8,13-15,19H,2-5,9H2,1H3. The molecule has 0 bridgehead atoms. The molecular weight excluding hydrogens is 307 g/mol. The van der Waals surface area contributed by atoms with Crippen LogP contribution in [0, 0.1) is 5.92 Å². The molecule has 2 aliphatic rings. The van der Waals surface area contributed by atoms with Gasteiger partial charge in [-0.1, -0.05) is 23.2 Å². The van der Waals surface area contributed by atoms with E-state index in [1.165, 1.54) is 0 Å². The van der Waals surface area contributed by atoms with Gasteiger partial charge in [-0.25, -0.2) is 0 Å². The van der Waals surface area contributed by atoms with Crippen LogP contribution in [0.2, 0.25) is 10.0 Å². The number of hydrogen-bond donors (Lipinski definition) is 1. The van der Waals surface area contributed by atoms with Crippen molar-refractivity contribution in [3.8, 4) is 0 Å². The van der Waals surface area contributed by atoms with Crippen molar-refractivity contribution in [2.24, 2.45) is 5.92 Å². The fourth-order valence-electron chi connectivity index (χ4n) is 3.25. The van der Waals surface area contributed by atoms with Gasteiger partial charge in [0, 0.05) is 35.1 Å². The Morgan fingerprint density at radius 3 is 2.38 bits per heavy atom. The van der Waals surface area contributed by atoms with Crippen molar-refractivity contribution in [3.05, 3.63) is 33.8 Å². The Kier molecular flexibility index (Phi) is 4.43. The largest absolute Gasteiger partial charge is 0.342 e. The van der Waals surface area contributed by atoms with Crippen LogP contribution in [-0.2, 0) is 4.79 Å². The van der Waals surface area contributed by atoms with Crippen molar-refractivity contribution in [1.29, 1.82) is 0 Å². The van der Waals surface area contributed by atoms with Crippen molar-refractivity contribution < 1.29 is 4.79 Å². The first-order chi connectivity index (χ1) is 10.1. The van der Waals surface area contributed by atoms with Crippen LogP contribution in [0.5, 0.6) is 0 Å². The Hall–Kier alpha value is -0.770. The summed E-state index contributed by atoms with van der Waals surface area (Å²) in [6.07, 6.45) is 3.01. The summed E-state index contributed by atoms with van der Waals surface area (Å²) in [7, 11) is 1.99. The van der Waals surface area contributed by atoms with E-state index in [0.717, 1.165) is 37.9 Å². The minimum absolute atomic E-state index is 0.116. The number of halogens is 2. The van der Waals surface area contributed by atoms with Crippen LogP contribution in [0.4, 0.5) is 0 Å². The number of nitrogens with zero attached hydrogens (tertiary/aromatic N) is 1. The molecule has 1 heterocycles. The van der Waals surface area contributed by atoms with Gasteiger partial charge >= 0.3 is 0 Å². The quantitative estimate of drug-likeness (QED) is 0.924. The summed E-state index contributed by atoms with van der Waals surface area (Å²) in [5, 5.41) is 4.58. The van der Waals surface area contributed by atoms with Gasteiger partial charge < -0.3 is 10.2 Å². The fourth-order valence-corrected chi connectivity index (χ4v) is 3.79. The van der Waals surface area contributed by atoms with Crippen LogP contribution in [0.25, 0.3) is 0 Å². The van der Waals surface area contributed by atoms with Gasteiger partial charge in [0.1, 0.15) is 0 Å². The maximum Gasteiger partial charge on any atom is 0.226 e. The maximum absolute atomic E-state index is 12.5. The minimum Gasteiger partial charge on any atom is -0.342 e. The lowest BCUT2D eigenvalue weighted by Crippen LogP contribution is -2.44. The normalized spacial score (nSPS) is 26.0. The zero-order valence-corrected chi connectivity index (χ0v) is 13.6. The Morgan fingerprint density at radius 2 is 1.81 bits per heavy atom. The van der Waals surface area contributed by atoms with Gasteiger partial charge in [0.25, 0.3) is 0 Å². The molecule has 114 valence electrons. The second-order valence-electron chi connectivity index (χ2n) is 6.04. The van der Waals surface area contributed by atoms with Crippen LogP contribution < -0.4 is 5.32 Å². The molecule has 2 unspecified atom stereocenters. The predicted molar refractivity (Wildman–Crippen MR) is 86.0 cm³/mol. The zero-order chi connectivity index (χ0) is 15.0. The highest BCUT2D eigenvalue weighted by molar-refractivity contribution is 6.34. The molecule has 1 saturated carbocycles. The highest BCUT2D eigenvalue weighted by Crippen LogP contribution is 2.49. The lowest BCUT2D eigenvalue weighted by atomic mass is 10.0. The first-order valence-corrected chi connectivity index (χ1v) is 8.26. The van der Waals surface area contributed by atoms with Crippen LogP contribution in [0.3, 0.4) is 0 Å². The predicted octanol–water partition coefficient (Wildman–Crippen LogP) is 3.31. The third-order valence-electron chi connectivity index (χ3n) is 4.64. The molecule has 5 heteroatoms. The number of nitrogens with one attached hydrogen (secondary N) is 1. The van der Waals surface area contributed by atoms with E-state index in [4.69, 9.17) is 23.2 Å². The molecule has 1 amide bonds. The molecule has 0 aromatic heterocycles. The summed E-state index contributed by atoms with van der Waals surface area (Å²) in [6, 6.07) is 6.14. The van der Waals surface area contributed by atoms with E-state index in [0.29, 0.717) is 22.0 Å². The second kappa shape index (κ2) is 6.15. The molecule has 1 aromatic rings.